The molecule has 1 aromatic carbocycles. The second kappa shape index (κ2) is 5.90. The van der Waals surface area contributed by atoms with E-state index in [0.717, 1.165) is 10.8 Å². The maximum atomic E-state index is 14.4. The number of halogens is 2. The molecule has 0 saturated heterocycles. The summed E-state index contributed by atoms with van der Waals surface area (Å²) < 4.78 is 56.8. The average Bonchev–Trinajstić information content (AvgIpc) is 2.90. The maximum Gasteiger partial charge on any atom is 0.424 e. The molecule has 0 fully saturated rings. The van der Waals surface area contributed by atoms with Gasteiger partial charge in [-0.15, -0.1) is 0 Å². The van der Waals surface area contributed by atoms with Crippen LogP contribution in [0.3, 0.4) is 0 Å². The van der Waals surface area contributed by atoms with Gasteiger partial charge in [0.15, 0.2) is 0 Å². The van der Waals surface area contributed by atoms with Gasteiger partial charge in [-0.3, -0.25) is 4.98 Å². The molecule has 0 spiro atoms. The van der Waals surface area contributed by atoms with Crippen LogP contribution in [-0.4, -0.2) is 18.0 Å². The number of nitrogens with two attached hydrogens (primary N) is 1. The molecule has 10 heteroatoms. The third kappa shape index (κ3) is 2.96. The average molecular weight is 367 g/mol. The van der Waals surface area contributed by atoms with Crippen molar-refractivity contribution in [3.8, 4) is 16.9 Å². The fraction of sp³-hybridized carbons (Fsp3) is 0.0667. The van der Waals surface area contributed by atoms with E-state index in [1.165, 1.54) is 6.20 Å². The van der Waals surface area contributed by atoms with Crippen molar-refractivity contribution in [3.63, 3.8) is 0 Å². The molecule has 7 nitrogen and oxygen atoms in total. The summed E-state index contributed by atoms with van der Waals surface area (Å²) in [4.78, 5) is 15.1. The van der Waals surface area contributed by atoms with Gasteiger partial charge in [0.1, 0.15) is 22.8 Å². The lowest BCUT2D eigenvalue weighted by molar-refractivity contribution is 0.503. The molecule has 0 amide bonds. The van der Waals surface area contributed by atoms with Crippen molar-refractivity contribution >= 4 is 10.0 Å². The third-order valence-corrected chi connectivity index (χ3v) is 4.44. The van der Waals surface area contributed by atoms with E-state index in [1.54, 1.807) is 19.1 Å². The van der Waals surface area contributed by atoms with Crippen LogP contribution in [-0.2, 0) is 10.0 Å². The van der Waals surface area contributed by atoms with Crippen LogP contribution in [0.5, 0.6) is 0 Å². The van der Waals surface area contributed by atoms with Gasteiger partial charge in [0.25, 0.3) is 0 Å². The molecule has 130 valence electrons. The second-order valence-electron chi connectivity index (χ2n) is 5.14. The van der Waals surface area contributed by atoms with E-state index in [0.29, 0.717) is 23.5 Å². The van der Waals surface area contributed by atoms with Gasteiger partial charge in [-0.1, -0.05) is 0 Å². The summed E-state index contributed by atoms with van der Waals surface area (Å²) in [6.07, 6.45) is 2.45. The van der Waals surface area contributed by atoms with Crippen LogP contribution in [0.1, 0.15) is 5.69 Å². The molecule has 0 bridgehead atoms. The Bertz CT molecular complexity index is 1140. The topological polar surface area (TPSA) is 108 Å². The number of sulfonamides is 1. The van der Waals surface area contributed by atoms with Crippen molar-refractivity contribution in [2.75, 3.05) is 0 Å². The van der Waals surface area contributed by atoms with E-state index < -0.39 is 32.3 Å². The molecule has 2 aromatic heterocycles. The fourth-order valence-electron chi connectivity index (χ4n) is 2.38. The summed E-state index contributed by atoms with van der Waals surface area (Å²) in [5.74, 6) is -3.16. The molecule has 0 saturated carbocycles. The summed E-state index contributed by atoms with van der Waals surface area (Å²) in [5, 5.41) is 4.84. The van der Waals surface area contributed by atoms with Crippen molar-refractivity contribution in [1.29, 1.82) is 0 Å². The molecular formula is C15H11F2N3O4S. The Morgan fingerprint density at radius 3 is 2.60 bits per heavy atom. The fourth-order valence-corrected chi connectivity index (χ4v) is 2.98. The Morgan fingerprint density at radius 1 is 1.24 bits per heavy atom. The maximum absolute atomic E-state index is 14.4. The van der Waals surface area contributed by atoms with Crippen molar-refractivity contribution in [2.24, 2.45) is 5.14 Å². The zero-order valence-corrected chi connectivity index (χ0v) is 13.5. The number of hydrogen-bond donors (Lipinski definition) is 1. The minimum absolute atomic E-state index is 0.0986. The van der Waals surface area contributed by atoms with E-state index >= 15 is 0 Å². The predicted molar refractivity (Wildman–Crippen MR) is 83.6 cm³/mol. The molecule has 2 heterocycles. The number of rotatable bonds is 3. The third-order valence-electron chi connectivity index (χ3n) is 3.52. The molecule has 0 aliphatic rings. The number of aryl methyl sites for hydroxylation is 1. The lowest BCUT2D eigenvalue weighted by Crippen LogP contribution is -2.16. The molecule has 0 atom stereocenters. The molecule has 2 N–H and O–H groups in total. The molecule has 0 radical (unpaired) electrons. The summed E-state index contributed by atoms with van der Waals surface area (Å²) in [5.41, 5.74) is 0.304. The summed E-state index contributed by atoms with van der Waals surface area (Å²) in [7, 11) is -4.44. The first kappa shape index (κ1) is 17.0. The van der Waals surface area contributed by atoms with Gasteiger partial charge >= 0.3 is 5.76 Å². The first-order valence-corrected chi connectivity index (χ1v) is 8.39. The Labute approximate surface area is 140 Å². The largest absolute Gasteiger partial charge is 0.424 e. The minimum Gasteiger partial charge on any atom is -0.415 e. The van der Waals surface area contributed by atoms with Gasteiger partial charge in [0, 0.05) is 11.8 Å². The lowest BCUT2D eigenvalue weighted by Gasteiger charge is -2.10. The van der Waals surface area contributed by atoms with E-state index in [4.69, 9.17) is 9.56 Å². The van der Waals surface area contributed by atoms with Gasteiger partial charge in [0.05, 0.1) is 17.1 Å². The summed E-state index contributed by atoms with van der Waals surface area (Å²) in [6.45, 7) is 1.62. The van der Waals surface area contributed by atoms with E-state index in [1.807, 2.05) is 0 Å². The highest BCUT2D eigenvalue weighted by molar-refractivity contribution is 7.89. The van der Waals surface area contributed by atoms with Crippen molar-refractivity contribution in [2.45, 2.75) is 11.8 Å². The molecular weight excluding hydrogens is 356 g/mol. The van der Waals surface area contributed by atoms with E-state index in [2.05, 4.69) is 4.98 Å². The SMILES string of the molecule is Cc1ncccc1-n1c(-c2cc(F)c(S(N)(=O)=O)cc2F)coc1=O. The number of nitrogens with zero attached hydrogens (tertiary/aromatic N) is 2. The van der Waals surface area contributed by atoms with Crippen LogP contribution in [0, 0.1) is 18.6 Å². The molecule has 3 rings (SSSR count). The van der Waals surface area contributed by atoms with Gasteiger partial charge in [-0.25, -0.2) is 31.7 Å². The highest BCUT2D eigenvalue weighted by Gasteiger charge is 2.23. The Hall–Kier alpha value is -2.85. The summed E-state index contributed by atoms with van der Waals surface area (Å²) >= 11 is 0. The first-order valence-electron chi connectivity index (χ1n) is 6.85. The highest BCUT2D eigenvalue weighted by Crippen LogP contribution is 2.28. The van der Waals surface area contributed by atoms with E-state index in [9.17, 15) is 22.0 Å². The van der Waals surface area contributed by atoms with Crippen LogP contribution < -0.4 is 10.9 Å². The lowest BCUT2D eigenvalue weighted by atomic mass is 10.1. The van der Waals surface area contributed by atoms with Crippen molar-refractivity contribution < 1.29 is 21.6 Å². The van der Waals surface area contributed by atoms with Crippen LogP contribution >= 0.6 is 0 Å². The van der Waals surface area contributed by atoms with Crippen LogP contribution in [0.4, 0.5) is 8.78 Å². The Balaban J connectivity index is 2.29. The molecule has 25 heavy (non-hydrogen) atoms. The van der Waals surface area contributed by atoms with Crippen LogP contribution in [0.2, 0.25) is 0 Å². The van der Waals surface area contributed by atoms with Crippen molar-refractivity contribution in [1.82, 2.24) is 9.55 Å². The second-order valence-corrected chi connectivity index (χ2v) is 6.67. The zero-order valence-electron chi connectivity index (χ0n) is 12.7. The van der Waals surface area contributed by atoms with Crippen LogP contribution in [0.15, 0.2) is 50.8 Å². The number of aromatic nitrogens is 2. The monoisotopic (exact) mass is 367 g/mol. The number of pyridine rings is 1. The Kier molecular flexibility index (Phi) is 4.01. The highest BCUT2D eigenvalue weighted by atomic mass is 32.2. The zero-order chi connectivity index (χ0) is 18.4. The molecule has 3 aromatic rings. The number of hydrogen-bond acceptors (Lipinski definition) is 5. The van der Waals surface area contributed by atoms with Gasteiger partial charge in [-0.05, 0) is 31.2 Å². The normalized spacial score (nSPS) is 11.7. The van der Waals surface area contributed by atoms with Gasteiger partial charge < -0.3 is 4.42 Å². The summed E-state index contributed by atoms with van der Waals surface area (Å²) in [6, 6.07) is 4.21. The molecule has 0 unspecified atom stereocenters. The molecule has 0 aliphatic heterocycles. The number of benzene rings is 1. The minimum atomic E-state index is -4.44. The quantitative estimate of drug-likeness (QED) is 0.758. The van der Waals surface area contributed by atoms with Crippen LogP contribution in [0.25, 0.3) is 16.9 Å². The Morgan fingerprint density at radius 2 is 1.96 bits per heavy atom. The number of primary sulfonamides is 1. The van der Waals surface area contributed by atoms with Crippen molar-refractivity contribution in [3.05, 3.63) is 64.6 Å². The first-order chi connectivity index (χ1) is 11.7. The number of oxazole rings is 1. The molecule has 0 aliphatic carbocycles. The van der Waals surface area contributed by atoms with Gasteiger partial charge in [-0.2, -0.15) is 0 Å². The van der Waals surface area contributed by atoms with E-state index in [-0.39, 0.29) is 11.3 Å². The smallest absolute Gasteiger partial charge is 0.415 e. The standard InChI is InChI=1S/C15H11F2N3O4S/c1-8-12(3-2-4-19-8)20-13(7-24-15(20)21)9-5-11(17)14(6-10(9)16)25(18,22)23/h2-7H,1H3,(H2,18,22,23). The predicted octanol–water partition coefficient (Wildman–Crippen LogP) is 1.73. The van der Waals surface area contributed by atoms with Gasteiger partial charge in [0.2, 0.25) is 10.0 Å².